The summed E-state index contributed by atoms with van der Waals surface area (Å²) in [7, 11) is 1.50. The molecule has 0 aliphatic rings. The standard InChI is InChI=1S/C11H16N4O3/c1-7(12)6-14-9-5-8(11(16)13-2)3-4-10(9)15(17)18/h3-5,7,14H,6,12H2,1-2H3,(H,13,16). The monoisotopic (exact) mass is 252 g/mol. The molecule has 0 aliphatic carbocycles. The summed E-state index contributed by atoms with van der Waals surface area (Å²) in [6.45, 7) is 2.17. The molecule has 0 radical (unpaired) electrons. The first-order valence-corrected chi connectivity index (χ1v) is 5.45. The number of carbonyl (C=O) groups is 1. The first kappa shape index (κ1) is 13.9. The van der Waals surface area contributed by atoms with Crippen LogP contribution in [0.15, 0.2) is 18.2 Å². The third-order valence-corrected chi connectivity index (χ3v) is 2.30. The highest BCUT2D eigenvalue weighted by atomic mass is 16.6. The van der Waals surface area contributed by atoms with Gasteiger partial charge < -0.3 is 16.4 Å². The largest absolute Gasteiger partial charge is 0.378 e. The van der Waals surface area contributed by atoms with Gasteiger partial charge in [0.15, 0.2) is 0 Å². The van der Waals surface area contributed by atoms with Crippen molar-refractivity contribution in [2.45, 2.75) is 13.0 Å². The van der Waals surface area contributed by atoms with E-state index in [-0.39, 0.29) is 17.6 Å². The summed E-state index contributed by atoms with van der Waals surface area (Å²) >= 11 is 0. The zero-order valence-corrected chi connectivity index (χ0v) is 10.3. The fraction of sp³-hybridized carbons (Fsp3) is 0.364. The second-order valence-electron chi connectivity index (χ2n) is 3.93. The molecule has 1 unspecified atom stereocenters. The van der Waals surface area contributed by atoms with Crippen molar-refractivity contribution in [3.63, 3.8) is 0 Å². The van der Waals surface area contributed by atoms with Crippen LogP contribution in [0, 0.1) is 10.1 Å². The molecular weight excluding hydrogens is 236 g/mol. The van der Waals surface area contributed by atoms with Crippen molar-refractivity contribution in [2.75, 3.05) is 18.9 Å². The molecule has 1 atom stereocenters. The van der Waals surface area contributed by atoms with Gasteiger partial charge in [-0.05, 0) is 19.1 Å². The number of nitrogens with one attached hydrogen (secondary N) is 2. The normalized spacial score (nSPS) is 11.7. The Labute approximate surface area is 105 Å². The molecule has 0 aromatic heterocycles. The van der Waals surface area contributed by atoms with Gasteiger partial charge in [-0.25, -0.2) is 0 Å². The average Bonchev–Trinajstić information content (AvgIpc) is 2.34. The number of hydrogen-bond donors (Lipinski definition) is 3. The number of nitro groups is 1. The van der Waals surface area contributed by atoms with Crippen molar-refractivity contribution < 1.29 is 9.72 Å². The number of hydrogen-bond acceptors (Lipinski definition) is 5. The minimum Gasteiger partial charge on any atom is -0.378 e. The summed E-state index contributed by atoms with van der Waals surface area (Å²) in [5.74, 6) is -0.297. The Hall–Kier alpha value is -2.15. The van der Waals surface area contributed by atoms with E-state index in [1.807, 2.05) is 0 Å². The van der Waals surface area contributed by atoms with Crippen LogP contribution in [0.4, 0.5) is 11.4 Å². The lowest BCUT2D eigenvalue weighted by molar-refractivity contribution is -0.384. The smallest absolute Gasteiger partial charge is 0.292 e. The lowest BCUT2D eigenvalue weighted by Gasteiger charge is -2.10. The number of nitro benzene ring substituents is 1. The fourth-order valence-electron chi connectivity index (χ4n) is 1.39. The number of nitrogens with two attached hydrogens (primary N) is 1. The molecule has 1 amide bonds. The van der Waals surface area contributed by atoms with E-state index >= 15 is 0 Å². The van der Waals surface area contributed by atoms with Gasteiger partial charge >= 0.3 is 0 Å². The SMILES string of the molecule is CNC(=O)c1ccc([N+](=O)[O-])c(NCC(C)N)c1. The van der Waals surface area contributed by atoms with E-state index in [0.717, 1.165) is 0 Å². The maximum Gasteiger partial charge on any atom is 0.292 e. The topological polar surface area (TPSA) is 110 Å². The number of amides is 1. The van der Waals surface area contributed by atoms with Gasteiger partial charge in [0.1, 0.15) is 5.69 Å². The molecule has 1 aromatic carbocycles. The molecule has 18 heavy (non-hydrogen) atoms. The molecule has 1 aromatic rings. The molecule has 0 aliphatic heterocycles. The fourth-order valence-corrected chi connectivity index (χ4v) is 1.39. The third kappa shape index (κ3) is 3.42. The van der Waals surface area contributed by atoms with E-state index in [4.69, 9.17) is 5.73 Å². The first-order chi connectivity index (χ1) is 8.45. The Bertz CT molecular complexity index is 460. The molecule has 98 valence electrons. The van der Waals surface area contributed by atoms with Crippen LogP contribution in [0.2, 0.25) is 0 Å². The molecule has 0 bridgehead atoms. The van der Waals surface area contributed by atoms with Crippen molar-refractivity contribution in [1.29, 1.82) is 0 Å². The number of benzene rings is 1. The molecule has 7 nitrogen and oxygen atoms in total. The van der Waals surface area contributed by atoms with Gasteiger partial charge in [-0.2, -0.15) is 0 Å². The van der Waals surface area contributed by atoms with Crippen molar-refractivity contribution in [2.24, 2.45) is 5.73 Å². The second-order valence-corrected chi connectivity index (χ2v) is 3.93. The summed E-state index contributed by atoms with van der Waals surface area (Å²) in [5.41, 5.74) is 6.15. The predicted octanol–water partition coefficient (Wildman–Crippen LogP) is 0.713. The molecule has 0 fully saturated rings. The van der Waals surface area contributed by atoms with Gasteiger partial charge in [-0.3, -0.25) is 14.9 Å². The number of nitrogens with zero attached hydrogens (tertiary/aromatic N) is 1. The Balaban J connectivity index is 3.07. The summed E-state index contributed by atoms with van der Waals surface area (Å²) in [4.78, 5) is 21.8. The maximum absolute atomic E-state index is 11.5. The summed E-state index contributed by atoms with van der Waals surface area (Å²) in [6, 6.07) is 4.01. The zero-order chi connectivity index (χ0) is 13.7. The van der Waals surface area contributed by atoms with E-state index in [2.05, 4.69) is 10.6 Å². The van der Waals surface area contributed by atoms with Crippen molar-refractivity contribution >= 4 is 17.3 Å². The molecule has 0 heterocycles. The van der Waals surface area contributed by atoms with Crippen LogP contribution in [-0.4, -0.2) is 30.5 Å². The number of carbonyl (C=O) groups excluding carboxylic acids is 1. The van der Waals surface area contributed by atoms with Crippen LogP contribution in [-0.2, 0) is 0 Å². The van der Waals surface area contributed by atoms with Crippen LogP contribution < -0.4 is 16.4 Å². The van der Waals surface area contributed by atoms with Gasteiger partial charge in [-0.1, -0.05) is 0 Å². The van der Waals surface area contributed by atoms with Crippen LogP contribution in [0.25, 0.3) is 0 Å². The van der Waals surface area contributed by atoms with Gasteiger partial charge in [0, 0.05) is 31.3 Å². The molecule has 4 N–H and O–H groups in total. The summed E-state index contributed by atoms with van der Waals surface area (Å²) < 4.78 is 0. The number of anilines is 1. The molecule has 0 saturated carbocycles. The van der Waals surface area contributed by atoms with Gasteiger partial charge in [0.25, 0.3) is 11.6 Å². The Morgan fingerprint density at radius 1 is 1.56 bits per heavy atom. The molecule has 7 heteroatoms. The first-order valence-electron chi connectivity index (χ1n) is 5.45. The van der Waals surface area contributed by atoms with Crippen molar-refractivity contribution in [3.05, 3.63) is 33.9 Å². The van der Waals surface area contributed by atoms with E-state index in [0.29, 0.717) is 17.8 Å². The van der Waals surface area contributed by atoms with Gasteiger partial charge in [-0.15, -0.1) is 0 Å². The van der Waals surface area contributed by atoms with Gasteiger partial charge in [0.05, 0.1) is 4.92 Å². The van der Waals surface area contributed by atoms with Crippen LogP contribution in [0.3, 0.4) is 0 Å². The molecular formula is C11H16N4O3. The van der Waals surface area contributed by atoms with Crippen LogP contribution in [0.1, 0.15) is 17.3 Å². The predicted molar refractivity (Wildman–Crippen MR) is 68.6 cm³/mol. The van der Waals surface area contributed by atoms with Gasteiger partial charge in [0.2, 0.25) is 0 Å². The van der Waals surface area contributed by atoms with Crippen molar-refractivity contribution in [3.8, 4) is 0 Å². The Morgan fingerprint density at radius 2 is 2.22 bits per heavy atom. The quantitative estimate of drug-likeness (QED) is 0.528. The van der Waals surface area contributed by atoms with E-state index in [9.17, 15) is 14.9 Å². The average molecular weight is 252 g/mol. The lowest BCUT2D eigenvalue weighted by Crippen LogP contribution is -2.25. The summed E-state index contributed by atoms with van der Waals surface area (Å²) in [6.07, 6.45) is 0. The minimum atomic E-state index is -0.503. The minimum absolute atomic E-state index is 0.0803. The van der Waals surface area contributed by atoms with Crippen molar-refractivity contribution in [1.82, 2.24) is 5.32 Å². The van der Waals surface area contributed by atoms with Crippen LogP contribution >= 0.6 is 0 Å². The summed E-state index contributed by atoms with van der Waals surface area (Å²) in [5, 5.41) is 16.2. The Morgan fingerprint density at radius 3 is 2.72 bits per heavy atom. The lowest BCUT2D eigenvalue weighted by atomic mass is 10.1. The molecule has 0 spiro atoms. The molecule has 1 rings (SSSR count). The highest BCUT2D eigenvalue weighted by molar-refractivity contribution is 5.95. The second kappa shape index (κ2) is 5.97. The molecule has 0 saturated heterocycles. The maximum atomic E-state index is 11.5. The van der Waals surface area contributed by atoms with E-state index < -0.39 is 4.92 Å². The van der Waals surface area contributed by atoms with Crippen LogP contribution in [0.5, 0.6) is 0 Å². The third-order valence-electron chi connectivity index (χ3n) is 2.30. The number of rotatable bonds is 5. The zero-order valence-electron chi connectivity index (χ0n) is 10.3. The Kier molecular flexibility index (Phi) is 4.61. The highest BCUT2D eigenvalue weighted by Gasteiger charge is 2.16. The highest BCUT2D eigenvalue weighted by Crippen LogP contribution is 2.25. The van der Waals surface area contributed by atoms with E-state index in [1.54, 1.807) is 6.92 Å². The van der Waals surface area contributed by atoms with E-state index in [1.165, 1.54) is 25.2 Å².